The van der Waals surface area contributed by atoms with Crippen molar-refractivity contribution in [1.82, 2.24) is 0 Å². The van der Waals surface area contributed by atoms with Crippen LogP contribution in [0, 0.1) is 0 Å². The molecule has 11 heteroatoms. The van der Waals surface area contributed by atoms with Crippen molar-refractivity contribution in [3.05, 3.63) is 116 Å². The van der Waals surface area contributed by atoms with Crippen molar-refractivity contribution in [1.29, 1.82) is 0 Å². The van der Waals surface area contributed by atoms with Crippen LogP contribution >= 0.6 is 22.9 Å². The summed E-state index contributed by atoms with van der Waals surface area (Å²) in [5, 5.41) is 2.89. The topological polar surface area (TPSA) is 75.3 Å². The van der Waals surface area contributed by atoms with Gasteiger partial charge in [-0.3, -0.25) is 9.52 Å². The van der Waals surface area contributed by atoms with Gasteiger partial charge in [0.05, 0.1) is 20.7 Å². The number of halogens is 4. The van der Waals surface area contributed by atoms with Crippen LogP contribution in [-0.2, 0) is 27.4 Å². The smallest absolute Gasteiger partial charge is 0.325 e. The Labute approximate surface area is 237 Å². The van der Waals surface area contributed by atoms with E-state index in [1.54, 1.807) is 0 Å². The number of carbonyl (C=O) groups is 1. The highest BCUT2D eigenvalue weighted by Gasteiger charge is 2.42. The Morgan fingerprint density at radius 2 is 1.68 bits per heavy atom. The summed E-state index contributed by atoms with van der Waals surface area (Å²) in [6.07, 6.45) is -1.87. The number of thiophene rings is 1. The highest BCUT2D eigenvalue weighted by molar-refractivity contribution is 7.92. The first-order valence-corrected chi connectivity index (χ1v) is 14.9. The number of alkyl halides is 3. The Morgan fingerprint density at radius 1 is 0.925 bits per heavy atom. The summed E-state index contributed by atoms with van der Waals surface area (Å²) in [5.74, 6) is -1.24. The highest BCUT2D eigenvalue weighted by atomic mass is 35.5. The fourth-order valence-electron chi connectivity index (χ4n) is 5.32. The minimum Gasteiger partial charge on any atom is -0.325 e. The number of benzene rings is 3. The van der Waals surface area contributed by atoms with Gasteiger partial charge in [-0.25, -0.2) is 8.42 Å². The summed E-state index contributed by atoms with van der Waals surface area (Å²) in [6, 6.07) is 19.7. The molecular formula is C29H20ClF3N2O3S2. The molecule has 1 aliphatic carbocycles. The molecule has 40 heavy (non-hydrogen) atoms. The van der Waals surface area contributed by atoms with E-state index in [9.17, 15) is 26.4 Å². The molecule has 0 fully saturated rings. The summed E-state index contributed by atoms with van der Waals surface area (Å²) in [4.78, 5) is 14.3. The molecular weight excluding hydrogens is 581 g/mol. The van der Waals surface area contributed by atoms with Gasteiger partial charge in [0.1, 0.15) is 0 Å². The van der Waals surface area contributed by atoms with E-state index in [0.717, 1.165) is 45.8 Å². The standard InChI is InChI=1S/C29H20ClF3N2O3S2/c30-25-12-9-20(39-25)14-17-13-16-3-1-2-4-22(16)26(17)27-23-15-21(10-11-24(23)34-28(27)36)40(37,38)35-19-7-5-18(6-8-19)29(31,32)33/h1-13,15,26-27,35H,14H2,(H,34,36). The number of anilines is 2. The van der Waals surface area contributed by atoms with Gasteiger partial charge in [-0.15, -0.1) is 11.3 Å². The zero-order chi connectivity index (χ0) is 28.2. The molecule has 6 rings (SSSR count). The summed E-state index contributed by atoms with van der Waals surface area (Å²) in [7, 11) is -4.17. The van der Waals surface area contributed by atoms with E-state index in [2.05, 4.69) is 16.1 Å². The molecule has 4 aromatic rings. The van der Waals surface area contributed by atoms with Crippen LogP contribution < -0.4 is 10.0 Å². The van der Waals surface area contributed by atoms with Crippen LogP contribution in [0.4, 0.5) is 24.5 Å². The lowest BCUT2D eigenvalue weighted by molar-refractivity contribution is -0.137. The number of rotatable bonds is 6. The van der Waals surface area contributed by atoms with Gasteiger partial charge in [0.25, 0.3) is 10.0 Å². The number of hydrogen-bond acceptors (Lipinski definition) is 4. The van der Waals surface area contributed by atoms with E-state index in [0.29, 0.717) is 22.0 Å². The molecule has 204 valence electrons. The predicted molar refractivity (Wildman–Crippen MR) is 150 cm³/mol. The van der Waals surface area contributed by atoms with Gasteiger partial charge in [0.15, 0.2) is 0 Å². The number of amides is 1. The summed E-state index contributed by atoms with van der Waals surface area (Å²) in [6.45, 7) is 0. The third-order valence-corrected chi connectivity index (χ3v) is 9.70. The van der Waals surface area contributed by atoms with Gasteiger partial charge in [-0.05, 0) is 71.3 Å². The molecule has 5 nitrogen and oxygen atoms in total. The average Bonchev–Trinajstić information content (AvgIpc) is 3.57. The highest BCUT2D eigenvalue weighted by Crippen LogP contribution is 2.51. The molecule has 2 unspecified atom stereocenters. The van der Waals surface area contributed by atoms with E-state index in [1.807, 2.05) is 36.4 Å². The van der Waals surface area contributed by atoms with E-state index in [4.69, 9.17) is 11.6 Å². The predicted octanol–water partition coefficient (Wildman–Crippen LogP) is 7.68. The fraction of sp³-hybridized carbons (Fsp3) is 0.138. The van der Waals surface area contributed by atoms with Crippen LogP contribution in [-0.4, -0.2) is 14.3 Å². The molecule has 0 spiro atoms. The Bertz CT molecular complexity index is 1780. The fourth-order valence-corrected chi connectivity index (χ4v) is 7.54. The maximum atomic E-state index is 13.4. The van der Waals surface area contributed by atoms with Gasteiger partial charge < -0.3 is 5.32 Å². The van der Waals surface area contributed by atoms with Crippen molar-refractivity contribution in [3.8, 4) is 0 Å². The second kappa shape index (κ2) is 9.79. The number of nitrogens with one attached hydrogen (secondary N) is 2. The molecule has 0 radical (unpaired) electrons. The molecule has 1 aliphatic heterocycles. The molecule has 0 bridgehead atoms. The molecule has 2 heterocycles. The van der Waals surface area contributed by atoms with Crippen molar-refractivity contribution in [2.45, 2.75) is 29.3 Å². The molecule has 0 saturated heterocycles. The lowest BCUT2D eigenvalue weighted by atomic mass is 9.79. The van der Waals surface area contributed by atoms with Crippen LogP contribution in [0.15, 0.2) is 89.3 Å². The van der Waals surface area contributed by atoms with Crippen LogP contribution in [0.1, 0.15) is 39.0 Å². The van der Waals surface area contributed by atoms with Crippen molar-refractivity contribution in [3.63, 3.8) is 0 Å². The maximum absolute atomic E-state index is 13.4. The summed E-state index contributed by atoms with van der Waals surface area (Å²) < 4.78 is 68.2. The number of allylic oxidation sites excluding steroid dienone is 1. The van der Waals surface area contributed by atoms with Gasteiger partial charge in [0.2, 0.25) is 5.91 Å². The Hall–Kier alpha value is -3.60. The Balaban J connectivity index is 1.35. The largest absolute Gasteiger partial charge is 0.416 e. The number of fused-ring (bicyclic) bond motifs is 2. The molecule has 1 amide bonds. The Kier molecular flexibility index (Phi) is 6.52. The van der Waals surface area contributed by atoms with Crippen molar-refractivity contribution >= 4 is 56.3 Å². The molecule has 1 aromatic heterocycles. The monoisotopic (exact) mass is 600 g/mol. The van der Waals surface area contributed by atoms with Gasteiger partial charge in [-0.1, -0.05) is 47.5 Å². The first kappa shape index (κ1) is 26.6. The number of hydrogen-bond donors (Lipinski definition) is 2. The minimum absolute atomic E-state index is 0.0104. The number of carbonyl (C=O) groups excluding carboxylic acids is 1. The normalized spacial score (nSPS) is 18.2. The van der Waals surface area contributed by atoms with Crippen LogP contribution in [0.2, 0.25) is 4.34 Å². The second-order valence-electron chi connectivity index (χ2n) is 9.61. The average molecular weight is 601 g/mol. The molecule has 3 aromatic carbocycles. The van der Waals surface area contributed by atoms with Crippen LogP contribution in [0.5, 0.6) is 0 Å². The lowest BCUT2D eigenvalue weighted by Crippen LogP contribution is -2.21. The van der Waals surface area contributed by atoms with Crippen molar-refractivity contribution in [2.75, 3.05) is 10.0 Å². The van der Waals surface area contributed by atoms with Gasteiger partial charge in [-0.2, -0.15) is 13.2 Å². The van der Waals surface area contributed by atoms with Gasteiger partial charge in [0, 0.05) is 28.6 Å². The summed E-state index contributed by atoms with van der Waals surface area (Å²) >= 11 is 7.62. The minimum atomic E-state index is -4.53. The van der Waals surface area contributed by atoms with Crippen molar-refractivity contribution in [2.24, 2.45) is 0 Å². The van der Waals surface area contributed by atoms with Crippen LogP contribution in [0.3, 0.4) is 0 Å². The number of sulfonamides is 1. The molecule has 0 saturated carbocycles. The Morgan fingerprint density at radius 3 is 2.38 bits per heavy atom. The third-order valence-electron chi connectivity index (χ3n) is 7.09. The quantitative estimate of drug-likeness (QED) is 0.238. The van der Waals surface area contributed by atoms with Gasteiger partial charge >= 0.3 is 6.18 Å². The third kappa shape index (κ3) is 4.91. The zero-order valence-electron chi connectivity index (χ0n) is 20.5. The van der Waals surface area contributed by atoms with E-state index in [-0.39, 0.29) is 22.4 Å². The van der Waals surface area contributed by atoms with Crippen molar-refractivity contribution < 1.29 is 26.4 Å². The molecule has 2 aliphatic rings. The zero-order valence-corrected chi connectivity index (χ0v) is 22.9. The summed E-state index contributed by atoms with van der Waals surface area (Å²) in [5.41, 5.74) is 3.16. The first-order valence-electron chi connectivity index (χ1n) is 12.2. The second-order valence-corrected chi connectivity index (χ2v) is 13.1. The molecule has 2 atom stereocenters. The van der Waals surface area contributed by atoms with Crippen LogP contribution in [0.25, 0.3) is 6.08 Å². The van der Waals surface area contributed by atoms with E-state index >= 15 is 0 Å². The maximum Gasteiger partial charge on any atom is 0.416 e. The SMILES string of the molecule is O=C1Nc2ccc(S(=O)(=O)Nc3ccc(C(F)(F)F)cc3)cc2C1C1C(Cc2ccc(Cl)s2)=Cc2ccccc21. The molecule has 2 N–H and O–H groups in total. The lowest BCUT2D eigenvalue weighted by Gasteiger charge is -2.23. The van der Waals surface area contributed by atoms with E-state index < -0.39 is 27.7 Å². The van der Waals surface area contributed by atoms with E-state index in [1.165, 1.54) is 29.5 Å². The first-order chi connectivity index (χ1) is 19.0.